The number of allylic oxidation sites excluding steroid dienone is 4. The Morgan fingerprint density at radius 1 is 1.40 bits per heavy atom. The Hall–Kier alpha value is -0.590. The molecule has 0 nitrogen and oxygen atoms in total. The van der Waals surface area contributed by atoms with Gasteiger partial charge in [-0.15, -0.1) is 0 Å². The van der Waals surface area contributed by atoms with E-state index in [1.807, 2.05) is 0 Å². The van der Waals surface area contributed by atoms with Crippen LogP contribution in [0.2, 0.25) is 0 Å². The Balaban J connectivity index is 2.42. The fraction of sp³-hybridized carbons (Fsp3) is 0.714. The van der Waals surface area contributed by atoms with E-state index >= 15 is 0 Å². The molecular weight excluding hydrogens is 187 g/mol. The zero-order valence-corrected chi connectivity index (χ0v) is 10.1. The first-order valence-electron chi connectivity index (χ1n) is 6.20. The van der Waals surface area contributed by atoms with Crippen molar-refractivity contribution in [3.63, 3.8) is 0 Å². The summed E-state index contributed by atoms with van der Waals surface area (Å²) in [6.07, 6.45) is 7.05. The van der Waals surface area contributed by atoms with Crippen LogP contribution in [0.1, 0.15) is 52.9 Å². The van der Waals surface area contributed by atoms with Gasteiger partial charge in [0.2, 0.25) is 0 Å². The molecule has 0 saturated heterocycles. The van der Waals surface area contributed by atoms with Crippen molar-refractivity contribution in [3.8, 4) is 0 Å². The van der Waals surface area contributed by atoms with Gasteiger partial charge in [0.15, 0.2) is 0 Å². The number of hydrogen-bond acceptors (Lipinski definition) is 0. The smallest absolute Gasteiger partial charge is 0.122 e. The van der Waals surface area contributed by atoms with Gasteiger partial charge in [0, 0.05) is 0 Å². The summed E-state index contributed by atoms with van der Waals surface area (Å²) in [6.45, 7) is 6.83. The lowest BCUT2D eigenvalue weighted by Gasteiger charge is -2.36. The van der Waals surface area contributed by atoms with Crippen LogP contribution in [0.3, 0.4) is 0 Å². The summed E-state index contributed by atoms with van der Waals surface area (Å²) < 4.78 is 13.7. The van der Waals surface area contributed by atoms with Crippen LogP contribution in [0.4, 0.5) is 4.39 Å². The second kappa shape index (κ2) is 3.77. The highest BCUT2D eigenvalue weighted by Gasteiger charge is 2.42. The van der Waals surface area contributed by atoms with Crippen molar-refractivity contribution in [2.24, 2.45) is 11.3 Å². The first-order chi connectivity index (χ1) is 7.12. The lowest BCUT2D eigenvalue weighted by Crippen LogP contribution is -2.26. The lowest BCUT2D eigenvalue weighted by molar-refractivity contribution is 0.227. The minimum Gasteiger partial charge on any atom is -0.207 e. The second-order valence-electron chi connectivity index (χ2n) is 5.21. The van der Waals surface area contributed by atoms with Gasteiger partial charge >= 0.3 is 0 Å². The molecule has 0 aromatic carbocycles. The van der Waals surface area contributed by atoms with E-state index in [1.165, 1.54) is 5.57 Å². The Morgan fingerprint density at radius 2 is 2.13 bits per heavy atom. The molecule has 0 saturated carbocycles. The van der Waals surface area contributed by atoms with Gasteiger partial charge in [-0.25, -0.2) is 4.39 Å². The van der Waals surface area contributed by atoms with E-state index in [0.29, 0.717) is 11.3 Å². The third kappa shape index (κ3) is 1.47. The quantitative estimate of drug-likeness (QED) is 0.613. The molecule has 84 valence electrons. The lowest BCUT2D eigenvalue weighted by atomic mass is 9.68. The van der Waals surface area contributed by atoms with Crippen LogP contribution in [0.15, 0.2) is 23.0 Å². The van der Waals surface area contributed by atoms with E-state index < -0.39 is 0 Å². The zero-order chi connectivity index (χ0) is 11.1. The molecular formula is C14H21F. The predicted octanol–water partition coefficient (Wildman–Crippen LogP) is 4.78. The molecule has 2 aliphatic carbocycles. The maximum atomic E-state index is 13.7. The van der Waals surface area contributed by atoms with Crippen molar-refractivity contribution in [2.45, 2.75) is 52.9 Å². The van der Waals surface area contributed by atoms with Crippen LogP contribution < -0.4 is 0 Å². The normalized spacial score (nSPS) is 30.9. The molecule has 0 amide bonds. The minimum atomic E-state index is 0.0761. The summed E-state index contributed by atoms with van der Waals surface area (Å²) >= 11 is 0. The van der Waals surface area contributed by atoms with Crippen LogP contribution >= 0.6 is 0 Å². The van der Waals surface area contributed by atoms with Crippen molar-refractivity contribution in [1.82, 2.24) is 0 Å². The molecule has 0 fully saturated rings. The molecule has 0 aromatic heterocycles. The molecule has 0 radical (unpaired) electrons. The molecule has 2 aliphatic rings. The van der Waals surface area contributed by atoms with Crippen LogP contribution in [-0.4, -0.2) is 0 Å². The van der Waals surface area contributed by atoms with Gasteiger partial charge in [-0.3, -0.25) is 0 Å². The Bertz CT molecular complexity index is 322. The highest BCUT2D eigenvalue weighted by atomic mass is 19.1. The summed E-state index contributed by atoms with van der Waals surface area (Å²) in [5, 5.41) is 0. The average molecular weight is 208 g/mol. The van der Waals surface area contributed by atoms with E-state index in [-0.39, 0.29) is 5.83 Å². The van der Waals surface area contributed by atoms with Crippen LogP contribution in [-0.2, 0) is 0 Å². The van der Waals surface area contributed by atoms with Gasteiger partial charge in [-0.2, -0.15) is 0 Å². The molecule has 2 rings (SSSR count). The van der Waals surface area contributed by atoms with Crippen molar-refractivity contribution in [3.05, 3.63) is 23.0 Å². The fourth-order valence-corrected chi connectivity index (χ4v) is 3.52. The molecule has 0 aromatic rings. The second-order valence-corrected chi connectivity index (χ2v) is 5.21. The maximum Gasteiger partial charge on any atom is 0.122 e. The molecule has 0 spiro atoms. The Labute approximate surface area is 92.3 Å². The minimum absolute atomic E-state index is 0.0761. The molecule has 0 bridgehead atoms. The topological polar surface area (TPSA) is 0 Å². The highest BCUT2D eigenvalue weighted by Crippen LogP contribution is 2.55. The van der Waals surface area contributed by atoms with Crippen molar-refractivity contribution < 1.29 is 4.39 Å². The zero-order valence-electron chi connectivity index (χ0n) is 10.1. The third-order valence-electron chi connectivity index (χ3n) is 4.53. The van der Waals surface area contributed by atoms with Gasteiger partial charge in [0.05, 0.1) is 0 Å². The largest absolute Gasteiger partial charge is 0.207 e. The van der Waals surface area contributed by atoms with E-state index in [1.54, 1.807) is 6.08 Å². The molecule has 0 aliphatic heterocycles. The van der Waals surface area contributed by atoms with Crippen molar-refractivity contribution in [2.75, 3.05) is 0 Å². The van der Waals surface area contributed by atoms with E-state index in [2.05, 4.69) is 20.8 Å². The van der Waals surface area contributed by atoms with Gasteiger partial charge in [0.25, 0.3) is 0 Å². The number of hydrogen-bond donors (Lipinski definition) is 0. The Kier molecular flexibility index (Phi) is 2.74. The van der Waals surface area contributed by atoms with Gasteiger partial charge < -0.3 is 0 Å². The molecule has 1 atom stereocenters. The average Bonchev–Trinajstić information content (AvgIpc) is 2.59. The maximum absolute atomic E-state index is 13.7. The Morgan fingerprint density at radius 3 is 2.73 bits per heavy atom. The highest BCUT2D eigenvalue weighted by molar-refractivity contribution is 5.42. The van der Waals surface area contributed by atoms with Gasteiger partial charge in [-0.05, 0) is 55.1 Å². The van der Waals surface area contributed by atoms with Gasteiger partial charge in [0.1, 0.15) is 5.83 Å². The summed E-state index contributed by atoms with van der Waals surface area (Å²) in [6, 6.07) is 0. The number of rotatable bonds is 2. The SMILES string of the molecule is CCC1(C(C)C)CCC2=C1CCC=C2F. The first-order valence-corrected chi connectivity index (χ1v) is 6.20. The molecule has 1 unspecified atom stereocenters. The standard InChI is InChI=1S/C14H21F/c1-4-14(10(2)3)9-8-11-12(14)6-5-7-13(11)15/h7,10H,4-6,8-9H2,1-3H3. The monoisotopic (exact) mass is 208 g/mol. The van der Waals surface area contributed by atoms with Crippen molar-refractivity contribution in [1.29, 1.82) is 0 Å². The summed E-state index contributed by atoms with van der Waals surface area (Å²) in [4.78, 5) is 0. The van der Waals surface area contributed by atoms with E-state index in [0.717, 1.165) is 37.7 Å². The number of halogens is 1. The third-order valence-corrected chi connectivity index (χ3v) is 4.53. The summed E-state index contributed by atoms with van der Waals surface area (Å²) in [5.41, 5.74) is 2.80. The van der Waals surface area contributed by atoms with Crippen LogP contribution in [0, 0.1) is 11.3 Å². The summed E-state index contributed by atoms with van der Waals surface area (Å²) in [7, 11) is 0. The van der Waals surface area contributed by atoms with E-state index in [4.69, 9.17) is 0 Å². The van der Waals surface area contributed by atoms with E-state index in [9.17, 15) is 4.39 Å². The molecule has 15 heavy (non-hydrogen) atoms. The fourth-order valence-electron chi connectivity index (χ4n) is 3.52. The molecule has 1 heteroatoms. The molecule has 0 heterocycles. The van der Waals surface area contributed by atoms with Gasteiger partial charge in [-0.1, -0.05) is 26.3 Å². The first kappa shape index (κ1) is 10.9. The predicted molar refractivity (Wildman–Crippen MR) is 62.2 cm³/mol. The summed E-state index contributed by atoms with van der Waals surface area (Å²) in [5.74, 6) is 0.716. The van der Waals surface area contributed by atoms with Crippen molar-refractivity contribution >= 4 is 0 Å². The molecule has 0 N–H and O–H groups in total. The van der Waals surface area contributed by atoms with Crippen LogP contribution in [0.5, 0.6) is 0 Å². The van der Waals surface area contributed by atoms with Crippen LogP contribution in [0.25, 0.3) is 0 Å².